The topological polar surface area (TPSA) is 127 Å². The molecule has 4 amide bonds. The Hall–Kier alpha value is -3.62. The minimum absolute atomic E-state index is 0.000534. The van der Waals surface area contributed by atoms with Gasteiger partial charge in [0, 0.05) is 29.5 Å². The van der Waals surface area contributed by atoms with Gasteiger partial charge in [-0.05, 0) is 17.9 Å². The molecule has 1 atom stereocenters. The predicted molar refractivity (Wildman–Crippen MR) is 87.3 cm³/mol. The number of nitrogens with one attached hydrogen (secondary N) is 1. The Morgan fingerprint density at radius 1 is 1.08 bits per heavy atom. The Kier molecular flexibility index (Phi) is 3.33. The van der Waals surface area contributed by atoms with E-state index < -0.39 is 34.6 Å². The lowest BCUT2D eigenvalue weighted by Crippen LogP contribution is -2.57. The van der Waals surface area contributed by atoms with Crippen molar-refractivity contribution in [2.75, 3.05) is 0 Å². The number of rotatable bonds is 2. The molecule has 4 rings (SSSR count). The van der Waals surface area contributed by atoms with Gasteiger partial charge in [-0.3, -0.25) is 39.5 Å². The van der Waals surface area contributed by atoms with Crippen LogP contribution in [0.15, 0.2) is 30.3 Å². The summed E-state index contributed by atoms with van der Waals surface area (Å²) < 4.78 is 0. The number of nitrogens with zero attached hydrogens (tertiary/aromatic N) is 2. The van der Waals surface area contributed by atoms with Crippen LogP contribution in [0.25, 0.3) is 10.8 Å². The molecule has 2 aromatic carbocycles. The van der Waals surface area contributed by atoms with Crippen molar-refractivity contribution < 1.29 is 24.1 Å². The zero-order chi connectivity index (χ0) is 18.6. The summed E-state index contributed by atoms with van der Waals surface area (Å²) in [5.41, 5.74) is -0.0960. The number of non-ortho nitro benzene ring substituents is 1. The first-order valence-corrected chi connectivity index (χ1v) is 7.81. The van der Waals surface area contributed by atoms with Gasteiger partial charge in [0.2, 0.25) is 11.8 Å². The van der Waals surface area contributed by atoms with Crippen LogP contribution >= 0.6 is 0 Å². The van der Waals surface area contributed by atoms with E-state index in [-0.39, 0.29) is 29.7 Å². The van der Waals surface area contributed by atoms with E-state index in [4.69, 9.17) is 0 Å². The number of hydrogen-bond donors (Lipinski definition) is 1. The second-order valence-corrected chi connectivity index (χ2v) is 6.10. The lowest BCUT2D eigenvalue weighted by molar-refractivity contribution is -0.384. The minimum Gasteiger partial charge on any atom is -0.295 e. The number of nitro groups is 1. The van der Waals surface area contributed by atoms with Crippen molar-refractivity contribution >= 4 is 40.1 Å². The molecule has 0 aliphatic carbocycles. The fourth-order valence-electron chi connectivity index (χ4n) is 3.43. The Balaban J connectivity index is 1.91. The Bertz CT molecular complexity index is 1040. The summed E-state index contributed by atoms with van der Waals surface area (Å²) >= 11 is 0. The summed E-state index contributed by atoms with van der Waals surface area (Å²) in [5.74, 6) is -2.64. The van der Waals surface area contributed by atoms with Crippen molar-refractivity contribution in [1.29, 1.82) is 0 Å². The molecular formula is C17H11N3O6. The highest BCUT2D eigenvalue weighted by Gasteiger charge is 2.43. The van der Waals surface area contributed by atoms with Gasteiger partial charge in [-0.25, -0.2) is 0 Å². The van der Waals surface area contributed by atoms with Crippen molar-refractivity contribution in [1.82, 2.24) is 10.2 Å². The summed E-state index contributed by atoms with van der Waals surface area (Å²) in [7, 11) is 0. The molecule has 130 valence electrons. The van der Waals surface area contributed by atoms with Gasteiger partial charge in [-0.2, -0.15) is 0 Å². The Morgan fingerprint density at radius 3 is 2.50 bits per heavy atom. The van der Waals surface area contributed by atoms with Crippen LogP contribution in [0.1, 0.15) is 33.6 Å². The van der Waals surface area contributed by atoms with Crippen LogP contribution in [-0.4, -0.2) is 39.5 Å². The maximum atomic E-state index is 12.9. The SMILES string of the molecule is O=C1CCC(N2C(=O)c3cccc4cc([N+](=O)[O-])cc(c34)C2=O)C(=O)N1. The summed E-state index contributed by atoms with van der Waals surface area (Å²) in [4.78, 5) is 60.6. The summed E-state index contributed by atoms with van der Waals surface area (Å²) in [5, 5.41) is 14.0. The normalized spacial score (nSPS) is 19.7. The van der Waals surface area contributed by atoms with Gasteiger partial charge < -0.3 is 0 Å². The van der Waals surface area contributed by atoms with Gasteiger partial charge in [0.25, 0.3) is 17.5 Å². The molecule has 1 unspecified atom stereocenters. The van der Waals surface area contributed by atoms with Crippen molar-refractivity contribution in [3.8, 4) is 0 Å². The molecule has 0 radical (unpaired) electrons. The maximum Gasteiger partial charge on any atom is 0.270 e. The highest BCUT2D eigenvalue weighted by Crippen LogP contribution is 2.35. The fraction of sp³-hybridized carbons (Fsp3) is 0.176. The van der Waals surface area contributed by atoms with Gasteiger partial charge in [-0.1, -0.05) is 12.1 Å². The molecule has 0 bridgehead atoms. The highest BCUT2D eigenvalue weighted by atomic mass is 16.6. The summed E-state index contributed by atoms with van der Waals surface area (Å²) in [6.45, 7) is 0. The molecule has 26 heavy (non-hydrogen) atoms. The maximum absolute atomic E-state index is 12.9. The van der Waals surface area contributed by atoms with E-state index in [9.17, 15) is 29.3 Å². The molecule has 9 nitrogen and oxygen atoms in total. The average molecular weight is 353 g/mol. The minimum atomic E-state index is -1.13. The van der Waals surface area contributed by atoms with Crippen molar-refractivity contribution in [2.45, 2.75) is 18.9 Å². The van der Waals surface area contributed by atoms with Crippen molar-refractivity contribution in [2.24, 2.45) is 0 Å². The molecule has 0 aromatic heterocycles. The van der Waals surface area contributed by atoms with Gasteiger partial charge in [0.05, 0.1) is 10.5 Å². The second kappa shape index (κ2) is 5.45. The highest BCUT2D eigenvalue weighted by molar-refractivity contribution is 6.27. The number of imide groups is 2. The molecule has 0 saturated carbocycles. The Labute approximate surface area is 145 Å². The number of carbonyl (C=O) groups is 4. The van der Waals surface area contributed by atoms with Crippen LogP contribution in [0.4, 0.5) is 5.69 Å². The van der Waals surface area contributed by atoms with Crippen LogP contribution < -0.4 is 5.32 Å². The van der Waals surface area contributed by atoms with E-state index in [2.05, 4.69) is 5.32 Å². The van der Waals surface area contributed by atoms with Crippen LogP contribution in [0, 0.1) is 10.1 Å². The first-order valence-electron chi connectivity index (χ1n) is 7.81. The lowest BCUT2D eigenvalue weighted by atomic mass is 9.91. The predicted octanol–water partition coefficient (Wildman–Crippen LogP) is 1.15. The molecule has 2 aliphatic heterocycles. The number of carbonyl (C=O) groups excluding carboxylic acids is 4. The molecule has 0 spiro atoms. The molecule has 2 aliphatic rings. The van der Waals surface area contributed by atoms with E-state index in [1.807, 2.05) is 0 Å². The molecule has 1 N–H and O–H groups in total. The largest absolute Gasteiger partial charge is 0.295 e. The van der Waals surface area contributed by atoms with Crippen LogP contribution in [0.5, 0.6) is 0 Å². The third kappa shape index (κ3) is 2.17. The monoisotopic (exact) mass is 353 g/mol. The molecular weight excluding hydrogens is 342 g/mol. The van der Waals surface area contributed by atoms with Crippen molar-refractivity contribution in [3.63, 3.8) is 0 Å². The Morgan fingerprint density at radius 2 is 1.81 bits per heavy atom. The molecule has 2 aromatic rings. The molecule has 9 heteroatoms. The number of piperidine rings is 1. The quantitative estimate of drug-likeness (QED) is 0.490. The van der Waals surface area contributed by atoms with Crippen LogP contribution in [0.3, 0.4) is 0 Å². The molecule has 1 fully saturated rings. The first-order chi connectivity index (χ1) is 12.4. The van der Waals surface area contributed by atoms with E-state index in [0.29, 0.717) is 10.8 Å². The summed E-state index contributed by atoms with van der Waals surface area (Å²) in [6, 6.07) is 5.92. The van der Waals surface area contributed by atoms with Gasteiger partial charge in [0.1, 0.15) is 6.04 Å². The van der Waals surface area contributed by atoms with E-state index >= 15 is 0 Å². The van der Waals surface area contributed by atoms with Crippen LogP contribution in [-0.2, 0) is 9.59 Å². The van der Waals surface area contributed by atoms with E-state index in [1.165, 1.54) is 12.1 Å². The third-order valence-electron chi connectivity index (χ3n) is 4.59. The van der Waals surface area contributed by atoms with Gasteiger partial charge >= 0.3 is 0 Å². The van der Waals surface area contributed by atoms with Crippen LogP contribution in [0.2, 0.25) is 0 Å². The van der Waals surface area contributed by atoms with E-state index in [1.54, 1.807) is 12.1 Å². The van der Waals surface area contributed by atoms with Gasteiger partial charge in [0.15, 0.2) is 0 Å². The van der Waals surface area contributed by atoms with Gasteiger partial charge in [-0.15, -0.1) is 0 Å². The van der Waals surface area contributed by atoms with E-state index in [0.717, 1.165) is 11.0 Å². The number of amides is 4. The smallest absolute Gasteiger partial charge is 0.270 e. The number of hydrogen-bond acceptors (Lipinski definition) is 6. The zero-order valence-corrected chi connectivity index (χ0v) is 13.2. The third-order valence-corrected chi connectivity index (χ3v) is 4.59. The fourth-order valence-corrected chi connectivity index (χ4v) is 3.43. The molecule has 1 saturated heterocycles. The zero-order valence-electron chi connectivity index (χ0n) is 13.2. The second-order valence-electron chi connectivity index (χ2n) is 6.10. The molecule has 2 heterocycles. The standard InChI is InChI=1S/C17H11N3O6/c21-13-5-4-12(15(22)18-13)19-16(23)10-3-1-2-8-6-9(20(25)26)7-11(14(8)10)17(19)24/h1-3,6-7,12H,4-5H2,(H,18,21,22). The van der Waals surface area contributed by atoms with Crippen molar-refractivity contribution in [3.05, 3.63) is 51.6 Å². The average Bonchev–Trinajstić information content (AvgIpc) is 2.60. The lowest BCUT2D eigenvalue weighted by Gasteiger charge is -2.34. The first kappa shape index (κ1) is 15.9. The number of benzene rings is 2. The number of nitro benzene ring substituents is 1. The summed E-state index contributed by atoms with van der Waals surface area (Å²) in [6.07, 6.45) is 0.0157.